The van der Waals surface area contributed by atoms with Crippen LogP contribution in [0.3, 0.4) is 0 Å². The topological polar surface area (TPSA) is 58.5 Å². The first kappa shape index (κ1) is 13.4. The number of nitrogens with zero attached hydrogens (tertiary/aromatic N) is 3. The summed E-state index contributed by atoms with van der Waals surface area (Å²) >= 11 is 0. The van der Waals surface area contributed by atoms with E-state index in [1.54, 1.807) is 0 Å². The highest BCUT2D eigenvalue weighted by Crippen LogP contribution is 2.20. The van der Waals surface area contributed by atoms with Gasteiger partial charge in [0.05, 0.1) is 6.54 Å². The fraction of sp³-hybridized carbons (Fsp3) is 0.533. The van der Waals surface area contributed by atoms with Crippen molar-refractivity contribution in [3.8, 4) is 0 Å². The average Bonchev–Trinajstić information content (AvgIpc) is 2.82. The average molecular weight is 274 g/mol. The third kappa shape index (κ3) is 2.64. The van der Waals surface area contributed by atoms with Crippen LogP contribution in [0.2, 0.25) is 0 Å². The summed E-state index contributed by atoms with van der Waals surface area (Å²) in [6.45, 7) is 6.26. The SMILES string of the molecule is CCC1CN(Cc2nc3cc(N)ccc3o2)CCN1C. The predicted molar refractivity (Wildman–Crippen MR) is 80.4 cm³/mol. The molecule has 1 atom stereocenters. The molecule has 3 rings (SSSR count). The number of hydrogen-bond donors (Lipinski definition) is 1. The monoisotopic (exact) mass is 274 g/mol. The van der Waals surface area contributed by atoms with Crippen molar-refractivity contribution in [3.63, 3.8) is 0 Å². The van der Waals surface area contributed by atoms with Crippen LogP contribution in [-0.4, -0.2) is 47.5 Å². The van der Waals surface area contributed by atoms with Gasteiger partial charge in [0.1, 0.15) is 5.52 Å². The molecule has 5 heteroatoms. The fourth-order valence-electron chi connectivity index (χ4n) is 2.85. The Morgan fingerprint density at radius 2 is 2.25 bits per heavy atom. The minimum Gasteiger partial charge on any atom is -0.439 e. The van der Waals surface area contributed by atoms with Crippen molar-refractivity contribution in [2.45, 2.75) is 25.9 Å². The van der Waals surface area contributed by atoms with Crippen molar-refractivity contribution in [2.75, 3.05) is 32.4 Å². The summed E-state index contributed by atoms with van der Waals surface area (Å²) in [5.74, 6) is 0.782. The van der Waals surface area contributed by atoms with Gasteiger partial charge < -0.3 is 15.1 Å². The maximum atomic E-state index is 5.80. The van der Waals surface area contributed by atoms with E-state index in [1.807, 2.05) is 18.2 Å². The molecule has 0 bridgehead atoms. The standard InChI is InChI=1S/C15H22N4O/c1-3-12-9-19(7-6-18(12)2)10-15-17-13-8-11(16)4-5-14(13)20-15/h4-5,8,12H,3,6-7,9-10,16H2,1-2H3. The number of benzene rings is 1. The number of likely N-dealkylation sites (N-methyl/N-ethyl adjacent to an activating group) is 1. The van der Waals surface area contributed by atoms with Crippen molar-refractivity contribution in [1.82, 2.24) is 14.8 Å². The van der Waals surface area contributed by atoms with Gasteiger partial charge in [-0.1, -0.05) is 6.92 Å². The van der Waals surface area contributed by atoms with Crippen molar-refractivity contribution in [2.24, 2.45) is 0 Å². The van der Waals surface area contributed by atoms with Crippen molar-refractivity contribution in [1.29, 1.82) is 0 Å². The van der Waals surface area contributed by atoms with Crippen LogP contribution >= 0.6 is 0 Å². The molecule has 1 aliphatic heterocycles. The van der Waals surface area contributed by atoms with E-state index in [2.05, 4.69) is 28.8 Å². The van der Waals surface area contributed by atoms with E-state index in [0.29, 0.717) is 6.04 Å². The first-order valence-corrected chi connectivity index (χ1v) is 7.23. The first-order valence-electron chi connectivity index (χ1n) is 7.23. The third-order valence-electron chi connectivity index (χ3n) is 4.15. The summed E-state index contributed by atoms with van der Waals surface area (Å²) in [6, 6.07) is 6.23. The highest BCUT2D eigenvalue weighted by Gasteiger charge is 2.23. The van der Waals surface area contributed by atoms with Gasteiger partial charge in [0, 0.05) is 31.4 Å². The molecule has 0 radical (unpaired) electrons. The molecule has 0 spiro atoms. The maximum Gasteiger partial charge on any atom is 0.209 e. The Bertz CT molecular complexity index is 595. The van der Waals surface area contributed by atoms with E-state index in [-0.39, 0.29) is 0 Å². The summed E-state index contributed by atoms with van der Waals surface area (Å²) in [7, 11) is 2.20. The lowest BCUT2D eigenvalue weighted by Gasteiger charge is -2.38. The molecule has 0 saturated carbocycles. The summed E-state index contributed by atoms with van der Waals surface area (Å²) in [5.41, 5.74) is 8.16. The lowest BCUT2D eigenvalue weighted by Crippen LogP contribution is -2.50. The largest absolute Gasteiger partial charge is 0.439 e. The molecule has 1 aliphatic rings. The van der Waals surface area contributed by atoms with Gasteiger partial charge in [-0.15, -0.1) is 0 Å². The third-order valence-corrected chi connectivity index (χ3v) is 4.15. The van der Waals surface area contributed by atoms with E-state index >= 15 is 0 Å². The number of aromatic nitrogens is 1. The molecular weight excluding hydrogens is 252 g/mol. The quantitative estimate of drug-likeness (QED) is 0.867. The Morgan fingerprint density at radius 1 is 1.40 bits per heavy atom. The molecule has 20 heavy (non-hydrogen) atoms. The van der Waals surface area contributed by atoms with Gasteiger partial charge in [-0.2, -0.15) is 0 Å². The predicted octanol–water partition coefficient (Wildman–Crippen LogP) is 1.94. The van der Waals surface area contributed by atoms with Crippen LogP contribution in [0.4, 0.5) is 5.69 Å². The lowest BCUT2D eigenvalue weighted by atomic mass is 10.1. The van der Waals surface area contributed by atoms with Crippen LogP contribution in [0.25, 0.3) is 11.1 Å². The van der Waals surface area contributed by atoms with Crippen LogP contribution in [0.15, 0.2) is 22.6 Å². The second-order valence-corrected chi connectivity index (χ2v) is 5.61. The molecule has 2 heterocycles. The number of anilines is 1. The molecule has 5 nitrogen and oxygen atoms in total. The second-order valence-electron chi connectivity index (χ2n) is 5.61. The molecule has 1 aromatic heterocycles. The number of nitrogen functional groups attached to an aromatic ring is 1. The number of piperazine rings is 1. The molecule has 0 amide bonds. The van der Waals surface area contributed by atoms with Crippen LogP contribution in [0.5, 0.6) is 0 Å². The molecular formula is C15H22N4O. The van der Waals surface area contributed by atoms with Crippen LogP contribution in [0.1, 0.15) is 19.2 Å². The van der Waals surface area contributed by atoms with Gasteiger partial charge in [0.15, 0.2) is 5.58 Å². The minimum absolute atomic E-state index is 0.628. The Hall–Kier alpha value is -1.59. The van der Waals surface area contributed by atoms with E-state index in [9.17, 15) is 0 Å². The van der Waals surface area contributed by atoms with Gasteiger partial charge in [0.2, 0.25) is 5.89 Å². The molecule has 1 unspecified atom stereocenters. The van der Waals surface area contributed by atoms with Crippen LogP contribution in [-0.2, 0) is 6.54 Å². The van der Waals surface area contributed by atoms with E-state index in [0.717, 1.165) is 48.9 Å². The summed E-state index contributed by atoms with van der Waals surface area (Å²) < 4.78 is 5.80. The number of rotatable bonds is 3. The molecule has 1 aromatic carbocycles. The molecule has 0 aliphatic carbocycles. The summed E-state index contributed by atoms with van der Waals surface area (Å²) in [6.07, 6.45) is 1.18. The first-order chi connectivity index (χ1) is 9.65. The minimum atomic E-state index is 0.628. The molecule has 1 saturated heterocycles. The zero-order valence-electron chi connectivity index (χ0n) is 12.2. The van der Waals surface area contributed by atoms with E-state index in [4.69, 9.17) is 10.2 Å². The number of fused-ring (bicyclic) bond motifs is 1. The van der Waals surface area contributed by atoms with E-state index < -0.39 is 0 Å². The molecule has 2 aromatic rings. The van der Waals surface area contributed by atoms with Crippen molar-refractivity contribution < 1.29 is 4.42 Å². The maximum absolute atomic E-state index is 5.80. The lowest BCUT2D eigenvalue weighted by molar-refractivity contribution is 0.0827. The highest BCUT2D eigenvalue weighted by molar-refractivity contribution is 5.76. The fourth-order valence-corrected chi connectivity index (χ4v) is 2.85. The van der Waals surface area contributed by atoms with Gasteiger partial charge in [-0.25, -0.2) is 4.98 Å². The van der Waals surface area contributed by atoms with Gasteiger partial charge in [-0.3, -0.25) is 4.90 Å². The normalized spacial score (nSPS) is 21.6. The van der Waals surface area contributed by atoms with Crippen molar-refractivity contribution in [3.05, 3.63) is 24.1 Å². The van der Waals surface area contributed by atoms with Gasteiger partial charge in [-0.05, 0) is 31.7 Å². The zero-order valence-corrected chi connectivity index (χ0v) is 12.2. The zero-order chi connectivity index (χ0) is 14.1. The number of nitrogens with two attached hydrogens (primary N) is 1. The Labute approximate surface area is 119 Å². The molecule has 108 valence electrons. The van der Waals surface area contributed by atoms with Gasteiger partial charge >= 0.3 is 0 Å². The highest BCUT2D eigenvalue weighted by atomic mass is 16.3. The summed E-state index contributed by atoms with van der Waals surface area (Å²) in [4.78, 5) is 9.39. The number of oxazole rings is 1. The second kappa shape index (κ2) is 5.42. The van der Waals surface area contributed by atoms with Crippen LogP contribution < -0.4 is 5.73 Å². The molecule has 2 N–H and O–H groups in total. The van der Waals surface area contributed by atoms with Gasteiger partial charge in [0.25, 0.3) is 0 Å². The Morgan fingerprint density at radius 3 is 3.05 bits per heavy atom. The molecule has 1 fully saturated rings. The Balaban J connectivity index is 1.73. The summed E-state index contributed by atoms with van der Waals surface area (Å²) in [5, 5.41) is 0. The smallest absolute Gasteiger partial charge is 0.209 e. The Kier molecular flexibility index (Phi) is 3.63. The van der Waals surface area contributed by atoms with E-state index in [1.165, 1.54) is 6.42 Å². The number of hydrogen-bond acceptors (Lipinski definition) is 5. The van der Waals surface area contributed by atoms with Crippen LogP contribution in [0, 0.1) is 0 Å². The van der Waals surface area contributed by atoms with Crippen molar-refractivity contribution >= 4 is 16.8 Å².